The van der Waals surface area contributed by atoms with Crippen molar-refractivity contribution in [1.82, 2.24) is 0 Å². The van der Waals surface area contributed by atoms with Gasteiger partial charge in [-0.25, -0.2) is 0 Å². The van der Waals surface area contributed by atoms with E-state index in [2.05, 4.69) is 0 Å². The van der Waals surface area contributed by atoms with Crippen LogP contribution in [-0.4, -0.2) is 0 Å². The predicted octanol–water partition coefficient (Wildman–Crippen LogP) is 16.2. The van der Waals surface area contributed by atoms with E-state index in [1.165, 1.54) is 58.3 Å². The van der Waals surface area contributed by atoms with Gasteiger partial charge in [0.2, 0.25) is 0 Å². The highest BCUT2D eigenvalue weighted by atomic mass is 19.4. The molecular formula is C46H24F12N2O2. The zero-order chi connectivity index (χ0) is 43.9. The quantitative estimate of drug-likeness (QED) is 0.165. The fourth-order valence-electron chi connectivity index (χ4n) is 7.56. The molecule has 0 spiro atoms. The van der Waals surface area contributed by atoms with Crippen molar-refractivity contribution in [3.05, 3.63) is 168 Å². The number of hydrogen-bond acceptors (Lipinski definition) is 4. The van der Waals surface area contributed by atoms with Crippen molar-refractivity contribution in [2.24, 2.45) is 0 Å². The molecule has 0 aromatic heterocycles. The van der Waals surface area contributed by atoms with Gasteiger partial charge in [-0.2, -0.15) is 52.7 Å². The number of ether oxygens (including phenoxy) is 2. The summed E-state index contributed by atoms with van der Waals surface area (Å²) in [6.07, 6.45) is -21.2. The first-order valence-corrected chi connectivity index (χ1v) is 18.4. The van der Waals surface area contributed by atoms with Crippen molar-refractivity contribution in [2.75, 3.05) is 9.80 Å². The zero-order valence-electron chi connectivity index (χ0n) is 31.1. The summed E-state index contributed by atoms with van der Waals surface area (Å²) in [5, 5.41) is 0. The number of nitrogens with zero attached hydrogens (tertiary/aromatic N) is 2. The number of alkyl halides is 12. The maximum Gasteiger partial charge on any atom is 0.416 e. The molecule has 2 aliphatic heterocycles. The Bertz CT molecular complexity index is 2550. The van der Waals surface area contributed by atoms with E-state index in [0.29, 0.717) is 24.3 Å². The van der Waals surface area contributed by atoms with Crippen LogP contribution in [0.15, 0.2) is 146 Å². The molecule has 4 nitrogen and oxygen atoms in total. The molecule has 314 valence electrons. The second-order valence-electron chi connectivity index (χ2n) is 14.2. The Morgan fingerprint density at radius 2 is 0.532 bits per heavy atom. The van der Waals surface area contributed by atoms with E-state index in [0.717, 1.165) is 12.1 Å². The van der Waals surface area contributed by atoms with E-state index < -0.39 is 58.1 Å². The van der Waals surface area contributed by atoms with Crippen LogP contribution in [0.4, 0.5) is 86.8 Å². The van der Waals surface area contributed by atoms with Crippen LogP contribution in [0.5, 0.6) is 23.0 Å². The van der Waals surface area contributed by atoms with E-state index in [1.54, 1.807) is 48.5 Å². The number of rotatable bonds is 4. The Morgan fingerprint density at radius 1 is 0.290 bits per heavy atom. The van der Waals surface area contributed by atoms with Crippen LogP contribution in [-0.2, 0) is 24.7 Å². The number of para-hydroxylation sites is 8. The minimum atomic E-state index is -5.30. The molecule has 7 aromatic carbocycles. The van der Waals surface area contributed by atoms with Gasteiger partial charge in [0.25, 0.3) is 0 Å². The van der Waals surface area contributed by atoms with Crippen molar-refractivity contribution in [3.8, 4) is 45.3 Å². The standard InChI is InChI=1S/C46H24F12N2O2/c47-43(48,49)27-17-25(18-28(21-27)44(50,51)52)31-24-38(60-35-11-3-7-15-41(35)62-42-16-8-4-12-36(42)60)32(26-19-29(45(53,54)55)22-30(20-26)46(56,57)58)23-37(31)59-33-9-1-5-13-39(33)61-40-14-6-2-10-34(40)59/h1-24H. The van der Waals surface area contributed by atoms with Gasteiger partial charge in [0, 0.05) is 11.1 Å². The van der Waals surface area contributed by atoms with Crippen molar-refractivity contribution < 1.29 is 62.2 Å². The van der Waals surface area contributed by atoms with Gasteiger partial charge < -0.3 is 19.3 Å². The topological polar surface area (TPSA) is 24.9 Å². The maximum absolute atomic E-state index is 14.6. The largest absolute Gasteiger partial charge is 0.453 e. The minimum absolute atomic E-state index is 0.0481. The first-order chi connectivity index (χ1) is 29.3. The maximum atomic E-state index is 14.6. The fraction of sp³-hybridized carbons (Fsp3) is 0.0870. The van der Waals surface area contributed by atoms with Crippen molar-refractivity contribution in [1.29, 1.82) is 0 Å². The number of benzene rings is 7. The zero-order valence-corrected chi connectivity index (χ0v) is 31.1. The van der Waals surface area contributed by atoms with E-state index in [-0.39, 0.29) is 80.4 Å². The van der Waals surface area contributed by atoms with Crippen LogP contribution in [0, 0.1) is 0 Å². The molecular weight excluding hydrogens is 840 g/mol. The predicted molar refractivity (Wildman–Crippen MR) is 207 cm³/mol. The van der Waals surface area contributed by atoms with E-state index in [9.17, 15) is 52.7 Å². The lowest BCUT2D eigenvalue weighted by molar-refractivity contribution is -0.144. The fourth-order valence-corrected chi connectivity index (χ4v) is 7.56. The van der Waals surface area contributed by atoms with E-state index in [1.807, 2.05) is 0 Å². The number of fused-ring (bicyclic) bond motifs is 4. The van der Waals surface area contributed by atoms with Gasteiger partial charge in [0.15, 0.2) is 23.0 Å². The monoisotopic (exact) mass is 864 g/mol. The second kappa shape index (κ2) is 14.2. The molecule has 0 fully saturated rings. The third kappa shape index (κ3) is 7.18. The third-order valence-electron chi connectivity index (χ3n) is 10.3. The summed E-state index contributed by atoms with van der Waals surface area (Å²) in [6.45, 7) is 0. The summed E-state index contributed by atoms with van der Waals surface area (Å²) < 4.78 is 187. The first-order valence-electron chi connectivity index (χ1n) is 18.4. The summed E-state index contributed by atoms with van der Waals surface area (Å²) >= 11 is 0. The van der Waals surface area contributed by atoms with Crippen molar-refractivity contribution >= 4 is 34.1 Å². The molecule has 2 aliphatic rings. The SMILES string of the molecule is FC(F)(F)c1cc(-c2cc(N3c4ccccc4Oc4ccccc43)c(-c3cc(C(F)(F)F)cc(C(F)(F)F)c3)cc2N2c3ccccc3Oc3ccccc32)cc(C(F)(F)F)c1. The second-order valence-corrected chi connectivity index (χ2v) is 14.2. The molecule has 0 bridgehead atoms. The van der Waals surface area contributed by atoms with Gasteiger partial charge in [0.1, 0.15) is 0 Å². The Kier molecular flexibility index (Phi) is 9.26. The molecule has 16 heteroatoms. The van der Waals surface area contributed by atoms with Gasteiger partial charge in [-0.1, -0.05) is 48.5 Å². The molecule has 2 heterocycles. The van der Waals surface area contributed by atoms with Gasteiger partial charge in [0.05, 0.1) is 56.4 Å². The number of anilines is 6. The average molecular weight is 865 g/mol. The molecule has 0 amide bonds. The summed E-state index contributed by atoms with van der Waals surface area (Å²) in [6, 6.07) is 29.1. The lowest BCUT2D eigenvalue weighted by atomic mass is 9.90. The van der Waals surface area contributed by atoms with Crippen LogP contribution in [0.2, 0.25) is 0 Å². The molecule has 0 unspecified atom stereocenters. The summed E-state index contributed by atoms with van der Waals surface area (Å²) in [7, 11) is 0. The minimum Gasteiger partial charge on any atom is -0.453 e. The van der Waals surface area contributed by atoms with Crippen LogP contribution in [0.3, 0.4) is 0 Å². The Balaban J connectivity index is 1.48. The molecule has 7 aromatic rings. The first kappa shape index (κ1) is 40.3. The molecule has 0 saturated carbocycles. The lowest BCUT2D eigenvalue weighted by Gasteiger charge is -2.37. The highest BCUT2D eigenvalue weighted by Crippen LogP contribution is 2.58. The summed E-state index contributed by atoms with van der Waals surface area (Å²) in [4.78, 5) is 2.84. The average Bonchev–Trinajstić information content (AvgIpc) is 3.22. The van der Waals surface area contributed by atoms with Gasteiger partial charge in [-0.3, -0.25) is 0 Å². The Hall–Kier alpha value is -7.10. The molecule has 0 aliphatic carbocycles. The van der Waals surface area contributed by atoms with Crippen molar-refractivity contribution in [3.63, 3.8) is 0 Å². The van der Waals surface area contributed by atoms with Gasteiger partial charge in [-0.15, -0.1) is 0 Å². The van der Waals surface area contributed by atoms with Crippen LogP contribution >= 0.6 is 0 Å². The van der Waals surface area contributed by atoms with Gasteiger partial charge in [-0.05, 0) is 108 Å². The summed E-state index contributed by atoms with van der Waals surface area (Å²) in [5.74, 6) is 0.657. The molecule has 9 rings (SSSR count). The van der Waals surface area contributed by atoms with Gasteiger partial charge >= 0.3 is 24.7 Å². The lowest BCUT2D eigenvalue weighted by Crippen LogP contribution is -2.19. The van der Waals surface area contributed by atoms with Crippen LogP contribution in [0.25, 0.3) is 22.3 Å². The highest BCUT2D eigenvalue weighted by molar-refractivity contribution is 6.02. The number of hydrogen-bond donors (Lipinski definition) is 0. The van der Waals surface area contributed by atoms with E-state index >= 15 is 0 Å². The Morgan fingerprint density at radius 3 is 0.774 bits per heavy atom. The number of halogens is 12. The third-order valence-corrected chi connectivity index (χ3v) is 10.3. The summed E-state index contributed by atoms with van der Waals surface area (Å²) in [5.41, 5.74) is -8.27. The Labute approximate surface area is 343 Å². The highest BCUT2D eigenvalue weighted by Gasteiger charge is 2.41. The molecule has 0 N–H and O–H groups in total. The molecule has 62 heavy (non-hydrogen) atoms. The van der Waals surface area contributed by atoms with Crippen molar-refractivity contribution in [2.45, 2.75) is 24.7 Å². The van der Waals surface area contributed by atoms with E-state index in [4.69, 9.17) is 9.47 Å². The smallest absolute Gasteiger partial charge is 0.416 e. The molecule has 0 saturated heterocycles. The molecule has 0 atom stereocenters. The van der Waals surface area contributed by atoms with Crippen LogP contribution in [0.1, 0.15) is 22.3 Å². The molecule has 0 radical (unpaired) electrons. The van der Waals surface area contributed by atoms with Crippen LogP contribution < -0.4 is 19.3 Å². The normalized spacial score (nSPS) is 13.7.